The van der Waals surface area contributed by atoms with E-state index < -0.39 is 0 Å². The van der Waals surface area contributed by atoms with Crippen LogP contribution in [0.4, 0.5) is 0 Å². The highest BCUT2D eigenvalue weighted by atomic mass is 32.1. The van der Waals surface area contributed by atoms with Crippen LogP contribution >= 0.6 is 11.3 Å². The van der Waals surface area contributed by atoms with E-state index in [1.54, 1.807) is 0 Å². The molecule has 1 N–H and O–H groups in total. The van der Waals surface area contributed by atoms with Gasteiger partial charge in [0.15, 0.2) is 0 Å². The molecule has 0 amide bonds. The van der Waals surface area contributed by atoms with Crippen LogP contribution in [0.15, 0.2) is 29.6 Å². The Labute approximate surface area is 125 Å². The average Bonchev–Trinajstić information content (AvgIpc) is 2.87. The SMILES string of the molecule is CCC1(C)CN(Cc2csc3ccccc23)C(C)CN1. The van der Waals surface area contributed by atoms with Gasteiger partial charge in [-0.1, -0.05) is 25.1 Å². The highest BCUT2D eigenvalue weighted by molar-refractivity contribution is 7.17. The molecule has 3 heteroatoms. The first kappa shape index (κ1) is 14.1. The molecule has 1 aromatic carbocycles. The molecule has 2 unspecified atom stereocenters. The molecule has 1 fully saturated rings. The molecule has 2 atom stereocenters. The highest BCUT2D eigenvalue weighted by Crippen LogP contribution is 2.28. The molecular weight excluding hydrogens is 264 g/mol. The summed E-state index contributed by atoms with van der Waals surface area (Å²) >= 11 is 1.87. The van der Waals surface area contributed by atoms with E-state index in [0.717, 1.165) is 19.6 Å². The van der Waals surface area contributed by atoms with E-state index in [1.807, 2.05) is 11.3 Å². The van der Waals surface area contributed by atoms with Crippen LogP contribution in [0.1, 0.15) is 32.8 Å². The quantitative estimate of drug-likeness (QED) is 0.922. The first-order chi connectivity index (χ1) is 9.61. The second-order valence-electron chi connectivity index (χ2n) is 6.31. The van der Waals surface area contributed by atoms with Crippen LogP contribution in [-0.2, 0) is 6.54 Å². The number of nitrogens with one attached hydrogen (secondary N) is 1. The smallest absolute Gasteiger partial charge is 0.0346 e. The lowest BCUT2D eigenvalue weighted by molar-refractivity contribution is 0.0871. The van der Waals surface area contributed by atoms with Crippen molar-refractivity contribution in [2.24, 2.45) is 0 Å². The third-order valence-electron chi connectivity index (χ3n) is 4.71. The lowest BCUT2D eigenvalue weighted by Crippen LogP contribution is -2.61. The van der Waals surface area contributed by atoms with Gasteiger partial charge >= 0.3 is 0 Å². The second-order valence-corrected chi connectivity index (χ2v) is 7.22. The van der Waals surface area contributed by atoms with Crippen molar-refractivity contribution in [3.8, 4) is 0 Å². The van der Waals surface area contributed by atoms with Crippen LogP contribution in [0.5, 0.6) is 0 Å². The Morgan fingerprint density at radius 1 is 1.40 bits per heavy atom. The molecule has 1 aliphatic heterocycles. The molecule has 20 heavy (non-hydrogen) atoms. The van der Waals surface area contributed by atoms with Crippen molar-refractivity contribution in [1.29, 1.82) is 0 Å². The Morgan fingerprint density at radius 3 is 3.00 bits per heavy atom. The van der Waals surface area contributed by atoms with Crippen LogP contribution in [-0.4, -0.2) is 29.6 Å². The van der Waals surface area contributed by atoms with Crippen LogP contribution in [0.3, 0.4) is 0 Å². The Hall–Kier alpha value is -0.900. The summed E-state index contributed by atoms with van der Waals surface area (Å²) in [4.78, 5) is 2.63. The summed E-state index contributed by atoms with van der Waals surface area (Å²) < 4.78 is 1.41. The number of hydrogen-bond donors (Lipinski definition) is 1. The number of nitrogens with zero attached hydrogens (tertiary/aromatic N) is 1. The first-order valence-electron chi connectivity index (χ1n) is 7.55. The van der Waals surface area contributed by atoms with Gasteiger partial charge in [0.05, 0.1) is 0 Å². The van der Waals surface area contributed by atoms with Gasteiger partial charge in [0.2, 0.25) is 0 Å². The minimum atomic E-state index is 0.262. The number of benzene rings is 1. The third kappa shape index (κ3) is 2.62. The predicted octanol–water partition coefficient (Wildman–Crippen LogP) is 3.86. The summed E-state index contributed by atoms with van der Waals surface area (Å²) in [5, 5.41) is 7.47. The standard InChI is InChI=1S/C17H24N2S/c1-4-17(3)12-19(13(2)9-18-17)10-14-11-20-16-8-6-5-7-15(14)16/h5-8,11,13,18H,4,9-10,12H2,1-3H3. The van der Waals surface area contributed by atoms with Crippen molar-refractivity contribution in [1.82, 2.24) is 10.2 Å². The maximum atomic E-state index is 3.70. The Balaban J connectivity index is 1.82. The van der Waals surface area contributed by atoms with Crippen molar-refractivity contribution >= 4 is 21.4 Å². The van der Waals surface area contributed by atoms with Gasteiger partial charge in [-0.15, -0.1) is 11.3 Å². The van der Waals surface area contributed by atoms with E-state index in [9.17, 15) is 0 Å². The Kier molecular flexibility index (Phi) is 3.85. The molecule has 0 aliphatic carbocycles. The van der Waals surface area contributed by atoms with Crippen LogP contribution < -0.4 is 5.32 Å². The molecule has 0 saturated carbocycles. The number of rotatable bonds is 3. The molecular formula is C17H24N2S. The van der Waals surface area contributed by atoms with E-state index in [2.05, 4.69) is 60.6 Å². The molecule has 2 aromatic rings. The fourth-order valence-corrected chi connectivity index (χ4v) is 3.96. The molecule has 0 spiro atoms. The number of piperazine rings is 1. The Bertz CT molecular complexity index is 591. The normalized spacial score (nSPS) is 28.1. The van der Waals surface area contributed by atoms with Gasteiger partial charge in [0.25, 0.3) is 0 Å². The van der Waals surface area contributed by atoms with Crippen molar-refractivity contribution < 1.29 is 0 Å². The summed E-state index contributed by atoms with van der Waals surface area (Å²) in [5.74, 6) is 0. The van der Waals surface area contributed by atoms with Gasteiger partial charge in [0, 0.05) is 35.9 Å². The zero-order valence-electron chi connectivity index (χ0n) is 12.6. The highest BCUT2D eigenvalue weighted by Gasteiger charge is 2.32. The molecule has 0 bridgehead atoms. The fourth-order valence-electron chi connectivity index (χ4n) is 3.01. The fraction of sp³-hybridized carbons (Fsp3) is 0.529. The molecule has 108 valence electrons. The van der Waals surface area contributed by atoms with Crippen LogP contribution in [0.25, 0.3) is 10.1 Å². The summed E-state index contributed by atoms with van der Waals surface area (Å²) in [5.41, 5.74) is 1.75. The van der Waals surface area contributed by atoms with Gasteiger partial charge in [-0.2, -0.15) is 0 Å². The monoisotopic (exact) mass is 288 g/mol. The number of hydrogen-bond acceptors (Lipinski definition) is 3. The molecule has 1 aromatic heterocycles. The van der Waals surface area contributed by atoms with Gasteiger partial charge in [-0.25, -0.2) is 0 Å². The van der Waals surface area contributed by atoms with Crippen molar-refractivity contribution in [3.05, 3.63) is 35.2 Å². The third-order valence-corrected chi connectivity index (χ3v) is 5.73. The minimum absolute atomic E-state index is 0.262. The lowest BCUT2D eigenvalue weighted by atomic mass is 9.93. The molecule has 2 nitrogen and oxygen atoms in total. The summed E-state index contributed by atoms with van der Waals surface area (Å²) in [6.07, 6.45) is 1.18. The first-order valence-corrected chi connectivity index (χ1v) is 8.43. The maximum Gasteiger partial charge on any atom is 0.0346 e. The van der Waals surface area contributed by atoms with E-state index in [-0.39, 0.29) is 5.54 Å². The minimum Gasteiger partial charge on any atom is -0.309 e. The topological polar surface area (TPSA) is 15.3 Å². The van der Waals surface area contributed by atoms with Crippen LogP contribution in [0, 0.1) is 0 Å². The molecule has 0 radical (unpaired) electrons. The molecule has 1 saturated heterocycles. The number of thiophene rings is 1. The lowest BCUT2D eigenvalue weighted by Gasteiger charge is -2.45. The van der Waals surface area contributed by atoms with Gasteiger partial charge < -0.3 is 5.32 Å². The van der Waals surface area contributed by atoms with Crippen molar-refractivity contribution in [2.45, 2.75) is 45.3 Å². The zero-order chi connectivity index (χ0) is 14.2. The van der Waals surface area contributed by atoms with Gasteiger partial charge in [-0.05, 0) is 42.7 Å². The zero-order valence-corrected chi connectivity index (χ0v) is 13.5. The van der Waals surface area contributed by atoms with E-state index in [0.29, 0.717) is 6.04 Å². The van der Waals surface area contributed by atoms with Crippen molar-refractivity contribution in [2.75, 3.05) is 13.1 Å². The van der Waals surface area contributed by atoms with E-state index in [1.165, 1.54) is 22.1 Å². The van der Waals surface area contributed by atoms with Gasteiger partial charge in [-0.3, -0.25) is 4.90 Å². The average molecular weight is 288 g/mol. The Morgan fingerprint density at radius 2 is 2.20 bits per heavy atom. The van der Waals surface area contributed by atoms with Gasteiger partial charge in [0.1, 0.15) is 0 Å². The molecule has 2 heterocycles. The van der Waals surface area contributed by atoms with Crippen LogP contribution in [0.2, 0.25) is 0 Å². The summed E-state index contributed by atoms with van der Waals surface area (Å²) in [6.45, 7) is 10.2. The van der Waals surface area contributed by atoms with E-state index >= 15 is 0 Å². The summed E-state index contributed by atoms with van der Waals surface area (Å²) in [6, 6.07) is 9.36. The molecule has 3 rings (SSSR count). The van der Waals surface area contributed by atoms with E-state index in [4.69, 9.17) is 0 Å². The largest absolute Gasteiger partial charge is 0.309 e. The molecule has 1 aliphatic rings. The maximum absolute atomic E-state index is 3.70. The second kappa shape index (κ2) is 5.47. The number of fused-ring (bicyclic) bond motifs is 1. The van der Waals surface area contributed by atoms with Crippen molar-refractivity contribution in [3.63, 3.8) is 0 Å². The summed E-state index contributed by atoms with van der Waals surface area (Å²) in [7, 11) is 0. The predicted molar refractivity (Wildman–Crippen MR) is 88.4 cm³/mol.